The molecule has 206 valence electrons. The highest BCUT2D eigenvalue weighted by Gasteiger charge is 2.44. The van der Waals surface area contributed by atoms with Gasteiger partial charge in [0.1, 0.15) is 0 Å². The van der Waals surface area contributed by atoms with Crippen LogP contribution >= 0.6 is 0 Å². The molecule has 2 aromatic carbocycles. The largest absolute Gasteiger partial charge is 0.278 e. The highest BCUT2D eigenvalue weighted by Crippen LogP contribution is 2.39. The number of likely N-dealkylation sites (tertiary alicyclic amines) is 2. The van der Waals surface area contributed by atoms with Gasteiger partial charge in [-0.15, -0.1) is 13.2 Å². The normalized spacial score (nSPS) is 22.9. The summed E-state index contributed by atoms with van der Waals surface area (Å²) in [5, 5.41) is 0. The van der Waals surface area contributed by atoms with Gasteiger partial charge in [0.15, 0.2) is 0 Å². The zero-order chi connectivity index (χ0) is 28.5. The second-order valence-electron chi connectivity index (χ2n) is 10.6. The molecule has 2 fully saturated rings. The first kappa shape index (κ1) is 29.8. The molecule has 6 nitrogen and oxygen atoms in total. The van der Waals surface area contributed by atoms with Crippen LogP contribution in [-0.2, 0) is 9.59 Å². The molecule has 4 rings (SSSR count). The van der Waals surface area contributed by atoms with Gasteiger partial charge in [0.2, 0.25) is 11.8 Å². The lowest BCUT2D eigenvalue weighted by Gasteiger charge is -2.39. The fourth-order valence-electron chi connectivity index (χ4n) is 5.54. The van der Waals surface area contributed by atoms with Gasteiger partial charge in [-0.05, 0) is 69.2 Å². The van der Waals surface area contributed by atoms with Crippen LogP contribution in [0.2, 0.25) is 0 Å². The Morgan fingerprint density at radius 1 is 0.769 bits per heavy atom. The maximum Gasteiger partial charge on any atom is 0.260 e. The summed E-state index contributed by atoms with van der Waals surface area (Å²) in [7, 11) is 0. The van der Waals surface area contributed by atoms with Crippen LogP contribution in [0, 0.1) is 10.8 Å². The first-order chi connectivity index (χ1) is 18.7. The summed E-state index contributed by atoms with van der Waals surface area (Å²) in [6.07, 6.45) is 8.93. The predicted molar refractivity (Wildman–Crippen MR) is 154 cm³/mol. The fourth-order valence-corrected chi connectivity index (χ4v) is 5.54. The van der Waals surface area contributed by atoms with Crippen molar-refractivity contribution in [2.24, 2.45) is 10.8 Å². The Labute approximate surface area is 232 Å². The molecule has 2 atom stereocenters. The fraction of sp³-hybridized carbons (Fsp3) is 0.394. The van der Waals surface area contributed by atoms with Gasteiger partial charge in [-0.1, -0.05) is 62.4 Å². The van der Waals surface area contributed by atoms with Gasteiger partial charge in [-0.25, -0.2) is 0 Å². The van der Waals surface area contributed by atoms with Crippen LogP contribution in [0.5, 0.6) is 0 Å². The maximum absolute atomic E-state index is 12.7. The van der Waals surface area contributed by atoms with Crippen molar-refractivity contribution >= 4 is 23.6 Å². The van der Waals surface area contributed by atoms with Crippen molar-refractivity contribution in [3.63, 3.8) is 0 Å². The van der Waals surface area contributed by atoms with E-state index in [4.69, 9.17) is 0 Å². The quantitative estimate of drug-likeness (QED) is 0.306. The van der Waals surface area contributed by atoms with Crippen LogP contribution in [0.15, 0.2) is 86.0 Å². The number of carbonyl (C=O) groups is 4. The number of hydrogen-bond donors (Lipinski definition) is 0. The van der Waals surface area contributed by atoms with Crippen molar-refractivity contribution in [3.05, 3.63) is 97.1 Å². The van der Waals surface area contributed by atoms with Gasteiger partial charge in [-0.3, -0.25) is 29.0 Å². The Hall–Kier alpha value is -3.80. The Balaban J connectivity index is 0.000000216. The van der Waals surface area contributed by atoms with Crippen LogP contribution in [0.4, 0.5) is 0 Å². The van der Waals surface area contributed by atoms with Gasteiger partial charge in [0.25, 0.3) is 11.8 Å². The van der Waals surface area contributed by atoms with E-state index < -0.39 is 10.8 Å². The first-order valence-electron chi connectivity index (χ1n) is 13.8. The Bertz CT molecular complexity index is 1190. The first-order valence-corrected chi connectivity index (χ1v) is 13.8. The third-order valence-corrected chi connectivity index (χ3v) is 7.95. The topological polar surface area (TPSA) is 74.8 Å². The maximum atomic E-state index is 12.7. The molecular weight excluding hydrogens is 488 g/mol. The van der Waals surface area contributed by atoms with E-state index in [1.165, 1.54) is 9.80 Å². The number of benzene rings is 2. The third kappa shape index (κ3) is 6.62. The highest BCUT2D eigenvalue weighted by molar-refractivity contribution is 6.07. The number of rotatable bonds is 7. The van der Waals surface area contributed by atoms with Crippen molar-refractivity contribution < 1.29 is 19.2 Å². The number of piperidine rings is 2. The van der Waals surface area contributed by atoms with Crippen LogP contribution in [0.3, 0.4) is 0 Å². The van der Waals surface area contributed by atoms with Gasteiger partial charge < -0.3 is 0 Å². The lowest BCUT2D eigenvalue weighted by atomic mass is 9.74. The SMILES string of the molecule is C=CC[C@]1(C)CCCN(C(=O)c2ccccc2)C1=O.C=CC[C@]1(CC)CCCN(C(=O)c2ccccc2)C1=O. The van der Waals surface area contributed by atoms with E-state index in [1.54, 1.807) is 36.4 Å². The van der Waals surface area contributed by atoms with E-state index in [9.17, 15) is 19.2 Å². The van der Waals surface area contributed by atoms with Gasteiger partial charge in [-0.2, -0.15) is 0 Å². The summed E-state index contributed by atoms with van der Waals surface area (Å²) in [6.45, 7) is 12.4. The summed E-state index contributed by atoms with van der Waals surface area (Å²) < 4.78 is 0. The molecule has 2 heterocycles. The Kier molecular flexibility index (Phi) is 10.2. The van der Waals surface area contributed by atoms with Gasteiger partial charge in [0, 0.05) is 24.2 Å². The number of carbonyl (C=O) groups excluding carboxylic acids is 4. The molecule has 2 saturated heterocycles. The summed E-state index contributed by atoms with van der Waals surface area (Å²) in [4.78, 5) is 52.9. The second-order valence-corrected chi connectivity index (χ2v) is 10.6. The molecule has 0 bridgehead atoms. The number of hydrogen-bond acceptors (Lipinski definition) is 4. The molecule has 0 aliphatic carbocycles. The lowest BCUT2D eigenvalue weighted by Crippen LogP contribution is -2.50. The van der Waals surface area contributed by atoms with Crippen LogP contribution in [0.1, 0.15) is 79.5 Å². The summed E-state index contributed by atoms with van der Waals surface area (Å²) in [5.74, 6) is -0.495. The molecule has 6 heteroatoms. The smallest absolute Gasteiger partial charge is 0.260 e. The molecule has 0 unspecified atom stereocenters. The van der Waals surface area contributed by atoms with Crippen LogP contribution in [0.25, 0.3) is 0 Å². The number of imide groups is 2. The molecule has 39 heavy (non-hydrogen) atoms. The predicted octanol–water partition coefficient (Wildman–Crippen LogP) is 6.45. The second kappa shape index (κ2) is 13.3. The van der Waals surface area contributed by atoms with Crippen molar-refractivity contribution in [1.82, 2.24) is 9.80 Å². The number of allylic oxidation sites excluding steroid dienone is 2. The molecule has 0 saturated carbocycles. The molecule has 2 aliphatic heterocycles. The minimum Gasteiger partial charge on any atom is -0.278 e. The summed E-state index contributed by atoms with van der Waals surface area (Å²) in [5.41, 5.74) is 0.222. The molecule has 4 amide bonds. The van der Waals surface area contributed by atoms with Crippen molar-refractivity contribution in [1.29, 1.82) is 0 Å². The summed E-state index contributed by atoms with van der Waals surface area (Å²) in [6, 6.07) is 18.0. The molecule has 0 spiro atoms. The zero-order valence-corrected chi connectivity index (χ0v) is 23.2. The molecular formula is C33H40N2O4. The molecule has 0 aromatic heterocycles. The highest BCUT2D eigenvalue weighted by atomic mass is 16.2. The minimum atomic E-state index is -0.482. The standard InChI is InChI=1S/C17H21NO2.C16H19NO2/c1-3-11-17(4-2)12-8-13-18(16(17)20)15(19)14-9-6-5-7-10-14;1-3-10-16(2)11-7-12-17(15(16)19)14(18)13-8-5-4-6-9-13/h3,5-7,9-10H,1,4,8,11-13H2,2H3;3-6,8-9H,1,7,10-12H2,2H3/t17-;16-/m11/s1. The lowest BCUT2D eigenvalue weighted by molar-refractivity contribution is -0.143. The average Bonchev–Trinajstić information content (AvgIpc) is 2.96. The van der Waals surface area contributed by atoms with E-state index in [-0.39, 0.29) is 23.6 Å². The third-order valence-electron chi connectivity index (χ3n) is 7.95. The minimum absolute atomic E-state index is 0.0417. The van der Waals surface area contributed by atoms with Crippen molar-refractivity contribution in [2.75, 3.05) is 13.1 Å². The van der Waals surface area contributed by atoms with Crippen LogP contribution in [-0.4, -0.2) is 46.5 Å². The van der Waals surface area contributed by atoms with Crippen molar-refractivity contribution in [2.45, 2.75) is 58.8 Å². The molecule has 2 aliphatic rings. The Morgan fingerprint density at radius 3 is 1.69 bits per heavy atom. The van der Waals surface area contributed by atoms with Crippen LogP contribution < -0.4 is 0 Å². The van der Waals surface area contributed by atoms with E-state index in [1.807, 2.05) is 50.2 Å². The zero-order valence-electron chi connectivity index (χ0n) is 23.2. The van der Waals surface area contributed by atoms with Gasteiger partial charge in [0.05, 0.1) is 10.8 Å². The van der Waals surface area contributed by atoms with E-state index in [2.05, 4.69) is 13.2 Å². The molecule has 0 radical (unpaired) electrons. The van der Waals surface area contributed by atoms with E-state index >= 15 is 0 Å². The van der Waals surface area contributed by atoms with E-state index in [0.29, 0.717) is 37.1 Å². The molecule has 2 aromatic rings. The number of amides is 4. The number of nitrogens with zero attached hydrogens (tertiary/aromatic N) is 2. The van der Waals surface area contributed by atoms with E-state index in [0.717, 1.165) is 32.1 Å². The molecule has 0 N–H and O–H groups in total. The summed E-state index contributed by atoms with van der Waals surface area (Å²) >= 11 is 0. The van der Waals surface area contributed by atoms with Gasteiger partial charge >= 0.3 is 0 Å². The Morgan fingerprint density at radius 2 is 1.23 bits per heavy atom. The van der Waals surface area contributed by atoms with Crippen molar-refractivity contribution in [3.8, 4) is 0 Å². The average molecular weight is 529 g/mol. The monoisotopic (exact) mass is 528 g/mol.